The predicted molar refractivity (Wildman–Crippen MR) is 60.3 cm³/mol. The van der Waals surface area contributed by atoms with E-state index in [4.69, 9.17) is 38.4 Å². The van der Waals surface area contributed by atoms with E-state index in [1.165, 1.54) is 0 Å². The number of hydrogen-bond donors (Lipinski definition) is 3. The molecule has 0 aliphatic carbocycles. The Labute approximate surface area is 104 Å². The van der Waals surface area contributed by atoms with Crippen molar-refractivity contribution in [2.75, 3.05) is 24.6 Å². The molecule has 0 unspecified atom stereocenters. The third kappa shape index (κ3) is 23.9. The van der Waals surface area contributed by atoms with Gasteiger partial charge in [-0.05, 0) is 23.6 Å². The van der Waals surface area contributed by atoms with Crippen molar-refractivity contribution in [3.8, 4) is 0 Å². The second-order valence-electron chi connectivity index (χ2n) is 2.39. The molecule has 0 heterocycles. The molecule has 4 N–H and O–H groups in total. The molecule has 0 aromatic carbocycles. The number of halogens is 2. The van der Waals surface area contributed by atoms with E-state index in [0.717, 1.165) is 0 Å². The molecule has 0 saturated heterocycles. The molecular formula is C4H12Cl2N2O6S2. The molecule has 0 rings (SSSR count). The molecule has 0 aliphatic heterocycles. The molecule has 16 heavy (non-hydrogen) atoms. The van der Waals surface area contributed by atoms with E-state index in [0.29, 0.717) is 3.94 Å². The van der Waals surface area contributed by atoms with Crippen LogP contribution in [0.3, 0.4) is 0 Å². The first kappa shape index (κ1) is 18.7. The van der Waals surface area contributed by atoms with Crippen LogP contribution < -0.4 is 5.73 Å². The van der Waals surface area contributed by atoms with Gasteiger partial charge in [-0.25, -0.2) is 0 Å². The maximum absolute atomic E-state index is 9.95. The van der Waals surface area contributed by atoms with Gasteiger partial charge in [-0.15, -0.1) is 3.94 Å². The maximum Gasteiger partial charge on any atom is 0.266 e. The van der Waals surface area contributed by atoms with E-state index in [-0.39, 0.29) is 18.8 Å². The average Bonchev–Trinajstić information content (AvgIpc) is 1.98. The quantitative estimate of drug-likeness (QED) is 0.447. The Hall–Kier alpha value is 0.320. The van der Waals surface area contributed by atoms with Crippen molar-refractivity contribution >= 4 is 43.8 Å². The van der Waals surface area contributed by atoms with Crippen LogP contribution in [0, 0.1) is 0 Å². The summed E-state index contributed by atoms with van der Waals surface area (Å²) in [5.74, 6) is -0.812. The first-order chi connectivity index (χ1) is 6.98. The monoisotopic (exact) mass is 318 g/mol. The summed E-state index contributed by atoms with van der Waals surface area (Å²) in [6.07, 6.45) is 0. The van der Waals surface area contributed by atoms with Crippen LogP contribution in [0.4, 0.5) is 0 Å². The fourth-order valence-corrected chi connectivity index (χ4v) is 1.41. The summed E-state index contributed by atoms with van der Waals surface area (Å²) >= 11 is 10.0. The normalized spacial score (nSPS) is 12.1. The zero-order valence-electron chi connectivity index (χ0n) is 7.95. The highest BCUT2D eigenvalue weighted by Crippen LogP contribution is 1.97. The van der Waals surface area contributed by atoms with Gasteiger partial charge in [-0.3, -0.25) is 9.11 Å². The van der Waals surface area contributed by atoms with Gasteiger partial charge in [-0.1, -0.05) is 0 Å². The van der Waals surface area contributed by atoms with Gasteiger partial charge >= 0.3 is 0 Å². The van der Waals surface area contributed by atoms with Crippen molar-refractivity contribution in [3.05, 3.63) is 0 Å². The second kappa shape index (κ2) is 8.42. The average molecular weight is 319 g/mol. The maximum atomic E-state index is 9.95. The topological polar surface area (TPSA) is 138 Å². The summed E-state index contributed by atoms with van der Waals surface area (Å²) in [5, 5.41) is 0. The second-order valence-corrected chi connectivity index (χ2v) is 6.52. The minimum atomic E-state index is -3.93. The fourth-order valence-electron chi connectivity index (χ4n) is 0.333. The van der Waals surface area contributed by atoms with Crippen LogP contribution >= 0.6 is 23.6 Å². The third-order valence-corrected chi connectivity index (χ3v) is 2.68. The van der Waals surface area contributed by atoms with Gasteiger partial charge in [0, 0.05) is 13.1 Å². The van der Waals surface area contributed by atoms with Crippen molar-refractivity contribution in [2.45, 2.75) is 0 Å². The Morgan fingerprint density at radius 2 is 1.38 bits per heavy atom. The summed E-state index contributed by atoms with van der Waals surface area (Å²) in [4.78, 5) is 0. The van der Waals surface area contributed by atoms with Gasteiger partial charge in [-0.2, -0.15) is 16.8 Å². The van der Waals surface area contributed by atoms with E-state index in [1.54, 1.807) is 0 Å². The van der Waals surface area contributed by atoms with Crippen molar-refractivity contribution in [1.29, 1.82) is 0 Å². The molecule has 100 valence electrons. The van der Waals surface area contributed by atoms with E-state index in [1.807, 2.05) is 0 Å². The van der Waals surface area contributed by atoms with E-state index >= 15 is 0 Å². The first-order valence-electron chi connectivity index (χ1n) is 3.67. The Kier molecular flexibility index (Phi) is 9.83. The van der Waals surface area contributed by atoms with Gasteiger partial charge < -0.3 is 5.73 Å². The van der Waals surface area contributed by atoms with Gasteiger partial charge in [0.2, 0.25) is 0 Å². The van der Waals surface area contributed by atoms with E-state index < -0.39 is 26.0 Å². The summed E-state index contributed by atoms with van der Waals surface area (Å²) < 4.78 is 55.9. The summed E-state index contributed by atoms with van der Waals surface area (Å²) in [7, 11) is -7.73. The van der Waals surface area contributed by atoms with Gasteiger partial charge in [0.05, 0.1) is 11.5 Å². The highest BCUT2D eigenvalue weighted by atomic mass is 35.5. The lowest BCUT2D eigenvalue weighted by atomic mass is 10.8. The zero-order valence-corrected chi connectivity index (χ0v) is 11.1. The molecule has 0 bridgehead atoms. The largest absolute Gasteiger partial charge is 0.329 e. The van der Waals surface area contributed by atoms with E-state index in [2.05, 4.69) is 0 Å². The molecule has 0 atom stereocenters. The van der Waals surface area contributed by atoms with Crippen LogP contribution in [0.5, 0.6) is 0 Å². The Morgan fingerprint density at radius 3 is 1.44 bits per heavy atom. The predicted octanol–water partition coefficient (Wildman–Crippen LogP) is -0.683. The molecule has 8 nitrogen and oxygen atoms in total. The summed E-state index contributed by atoms with van der Waals surface area (Å²) in [6.45, 7) is -0.138. The fraction of sp³-hybridized carbons (Fsp3) is 1.00. The van der Waals surface area contributed by atoms with Crippen molar-refractivity contribution < 1.29 is 25.9 Å². The zero-order chi connectivity index (χ0) is 13.4. The van der Waals surface area contributed by atoms with Crippen LogP contribution in [0.2, 0.25) is 0 Å². The molecule has 0 saturated carbocycles. The third-order valence-electron chi connectivity index (χ3n) is 0.894. The summed E-state index contributed by atoms with van der Waals surface area (Å²) in [5.41, 5.74) is 4.78. The van der Waals surface area contributed by atoms with Crippen LogP contribution in [0.15, 0.2) is 0 Å². The van der Waals surface area contributed by atoms with Crippen LogP contribution in [-0.2, 0) is 20.2 Å². The number of rotatable bonds is 5. The Morgan fingerprint density at radius 1 is 1.00 bits per heavy atom. The SMILES string of the molecule is NCCS(=O)(=O)O.O=S(=O)(O)CCN(Cl)Cl. The van der Waals surface area contributed by atoms with Gasteiger partial charge in [0.25, 0.3) is 20.2 Å². The first-order valence-corrected chi connectivity index (χ1v) is 7.57. The minimum Gasteiger partial charge on any atom is -0.329 e. The van der Waals surface area contributed by atoms with Crippen molar-refractivity contribution in [3.63, 3.8) is 0 Å². The van der Waals surface area contributed by atoms with Crippen LogP contribution in [0.25, 0.3) is 0 Å². The molecule has 0 aliphatic rings. The number of nitrogens with zero attached hydrogens (tertiary/aromatic N) is 1. The van der Waals surface area contributed by atoms with E-state index in [9.17, 15) is 16.8 Å². The lowest BCUT2D eigenvalue weighted by Gasteiger charge is -1.99. The molecule has 0 amide bonds. The molecule has 0 radical (unpaired) electrons. The standard InChI is InChI=1S/C2H5Cl2NO3S.C2H7NO3S/c3-5(4)1-2-9(6,7)8;3-1-2-7(4,5)6/h1-2H2,(H,6,7,8);1-3H2,(H,4,5,6). The molecule has 0 spiro atoms. The molecule has 0 aromatic rings. The summed E-state index contributed by atoms with van der Waals surface area (Å²) in [6, 6.07) is 0. The van der Waals surface area contributed by atoms with Crippen molar-refractivity contribution in [2.24, 2.45) is 5.73 Å². The number of nitrogens with two attached hydrogens (primary N) is 1. The highest BCUT2D eigenvalue weighted by Gasteiger charge is 2.05. The van der Waals surface area contributed by atoms with Gasteiger partial charge in [0.1, 0.15) is 0 Å². The molecule has 0 fully saturated rings. The molecular weight excluding hydrogens is 307 g/mol. The highest BCUT2D eigenvalue weighted by molar-refractivity contribution is 7.86. The van der Waals surface area contributed by atoms with Crippen LogP contribution in [0.1, 0.15) is 0 Å². The number of hydrogen-bond acceptors (Lipinski definition) is 6. The van der Waals surface area contributed by atoms with Crippen molar-refractivity contribution in [1.82, 2.24) is 3.94 Å². The lowest BCUT2D eigenvalue weighted by molar-refractivity contribution is 0.478. The van der Waals surface area contributed by atoms with Gasteiger partial charge in [0.15, 0.2) is 0 Å². The lowest BCUT2D eigenvalue weighted by Crippen LogP contribution is -2.14. The molecule has 12 heteroatoms. The Bertz CT molecular complexity index is 366. The Balaban J connectivity index is 0. The van der Waals surface area contributed by atoms with Crippen LogP contribution in [-0.4, -0.2) is 54.5 Å². The molecule has 0 aromatic heterocycles. The smallest absolute Gasteiger partial charge is 0.266 e. The minimum absolute atomic E-state index is 0.0289.